The number of esters is 1. The Bertz CT molecular complexity index is 116. The highest BCUT2D eigenvalue weighted by Gasteiger charge is 2.14. The molecule has 0 spiro atoms. The molecule has 0 atom stereocenters. The predicted molar refractivity (Wildman–Crippen MR) is 51.2 cm³/mol. The van der Waals surface area contributed by atoms with E-state index >= 15 is 0 Å². The van der Waals surface area contributed by atoms with Crippen molar-refractivity contribution in [3.63, 3.8) is 0 Å². The Labute approximate surface area is 70.3 Å². The SMILES string of the molecule is C=C.CC(=O)OC[Si](C)(C)C. The van der Waals surface area contributed by atoms with Crippen LogP contribution in [0.5, 0.6) is 0 Å². The van der Waals surface area contributed by atoms with Crippen LogP contribution >= 0.6 is 0 Å². The van der Waals surface area contributed by atoms with Crippen molar-refractivity contribution in [1.29, 1.82) is 0 Å². The summed E-state index contributed by atoms with van der Waals surface area (Å²) in [6.07, 6.45) is 0.641. The van der Waals surface area contributed by atoms with Crippen molar-refractivity contribution in [2.24, 2.45) is 0 Å². The Morgan fingerprint density at radius 3 is 1.82 bits per heavy atom. The van der Waals surface area contributed by atoms with Crippen molar-refractivity contribution in [1.82, 2.24) is 0 Å². The maximum Gasteiger partial charge on any atom is 0.302 e. The molecular formula is C8H18O2Si. The Hall–Kier alpha value is -0.573. The van der Waals surface area contributed by atoms with Gasteiger partial charge < -0.3 is 4.74 Å². The third-order valence-electron chi connectivity index (χ3n) is 0.708. The van der Waals surface area contributed by atoms with Gasteiger partial charge >= 0.3 is 5.97 Å². The van der Waals surface area contributed by atoms with Gasteiger partial charge in [0.2, 0.25) is 0 Å². The van der Waals surface area contributed by atoms with E-state index in [1.165, 1.54) is 6.92 Å². The van der Waals surface area contributed by atoms with E-state index < -0.39 is 8.07 Å². The second-order valence-corrected chi connectivity index (χ2v) is 8.75. The van der Waals surface area contributed by atoms with Crippen molar-refractivity contribution in [2.45, 2.75) is 26.6 Å². The van der Waals surface area contributed by atoms with Gasteiger partial charge in [0, 0.05) is 6.92 Å². The Kier molecular flexibility index (Phi) is 7.30. The maximum atomic E-state index is 10.3. The largest absolute Gasteiger partial charge is 0.470 e. The van der Waals surface area contributed by atoms with Crippen LogP contribution in [0, 0.1) is 0 Å². The third-order valence-corrected chi connectivity index (χ3v) is 1.72. The lowest BCUT2D eigenvalue weighted by molar-refractivity contribution is -0.139. The highest BCUT2D eigenvalue weighted by Crippen LogP contribution is 1.99. The molecule has 2 nitrogen and oxygen atoms in total. The second-order valence-electron chi connectivity index (χ2n) is 3.34. The molecule has 0 N–H and O–H groups in total. The first-order valence-corrected chi connectivity index (χ1v) is 7.26. The molecule has 0 unspecified atom stereocenters. The van der Waals surface area contributed by atoms with E-state index in [1.807, 2.05) is 0 Å². The lowest BCUT2D eigenvalue weighted by atomic mass is 10.8. The summed E-state index contributed by atoms with van der Waals surface area (Å²) >= 11 is 0. The second kappa shape index (κ2) is 6.16. The lowest BCUT2D eigenvalue weighted by Crippen LogP contribution is -2.29. The molecule has 11 heavy (non-hydrogen) atoms. The molecule has 0 rings (SSSR count). The first kappa shape index (κ1) is 13.0. The van der Waals surface area contributed by atoms with E-state index in [4.69, 9.17) is 4.74 Å². The Balaban J connectivity index is 0. The molecule has 0 fully saturated rings. The summed E-state index contributed by atoms with van der Waals surface area (Å²) in [5.74, 6) is -0.169. The zero-order valence-corrected chi connectivity index (χ0v) is 8.94. The van der Waals surface area contributed by atoms with E-state index in [0.29, 0.717) is 6.23 Å². The van der Waals surface area contributed by atoms with Crippen molar-refractivity contribution in [2.75, 3.05) is 6.23 Å². The number of hydrogen-bond donors (Lipinski definition) is 0. The normalized spacial score (nSPS) is 9.45. The van der Waals surface area contributed by atoms with Gasteiger partial charge in [-0.05, 0) is 0 Å². The number of hydrogen-bond acceptors (Lipinski definition) is 2. The Morgan fingerprint density at radius 2 is 1.73 bits per heavy atom. The fourth-order valence-corrected chi connectivity index (χ4v) is 0.954. The van der Waals surface area contributed by atoms with Crippen molar-refractivity contribution in [3.05, 3.63) is 13.2 Å². The summed E-state index contributed by atoms with van der Waals surface area (Å²) < 4.78 is 4.83. The molecule has 66 valence electrons. The summed E-state index contributed by atoms with van der Waals surface area (Å²) in [6, 6.07) is 0. The lowest BCUT2D eigenvalue weighted by Gasteiger charge is -2.13. The first-order valence-electron chi connectivity index (χ1n) is 3.55. The van der Waals surface area contributed by atoms with Crippen LogP contribution in [0.1, 0.15) is 6.92 Å². The topological polar surface area (TPSA) is 26.3 Å². The summed E-state index contributed by atoms with van der Waals surface area (Å²) in [5, 5.41) is 0. The monoisotopic (exact) mass is 174 g/mol. The van der Waals surface area contributed by atoms with E-state index in [9.17, 15) is 4.79 Å². The molecule has 0 amide bonds. The average Bonchev–Trinajstić information content (AvgIpc) is 1.87. The van der Waals surface area contributed by atoms with Crippen LogP contribution in [-0.4, -0.2) is 20.3 Å². The zero-order valence-electron chi connectivity index (χ0n) is 7.94. The van der Waals surface area contributed by atoms with Gasteiger partial charge in [-0.3, -0.25) is 4.79 Å². The number of carbonyl (C=O) groups excluding carboxylic acids is 1. The Morgan fingerprint density at radius 1 is 1.36 bits per heavy atom. The highest BCUT2D eigenvalue weighted by atomic mass is 28.3. The van der Waals surface area contributed by atoms with Gasteiger partial charge in [-0.1, -0.05) is 19.6 Å². The van der Waals surface area contributed by atoms with Gasteiger partial charge in [0.1, 0.15) is 0 Å². The molecule has 0 bridgehead atoms. The molecule has 0 aliphatic carbocycles. The number of rotatable bonds is 2. The van der Waals surface area contributed by atoms with Gasteiger partial charge in [-0.15, -0.1) is 13.2 Å². The molecule has 0 saturated heterocycles. The minimum atomic E-state index is -1.16. The van der Waals surface area contributed by atoms with Crippen LogP contribution < -0.4 is 0 Å². The van der Waals surface area contributed by atoms with E-state index in [2.05, 4.69) is 32.8 Å². The van der Waals surface area contributed by atoms with Crippen molar-refractivity contribution in [3.8, 4) is 0 Å². The van der Waals surface area contributed by atoms with Crippen LogP contribution in [0.15, 0.2) is 13.2 Å². The van der Waals surface area contributed by atoms with Crippen LogP contribution in [0.3, 0.4) is 0 Å². The van der Waals surface area contributed by atoms with E-state index in [1.54, 1.807) is 0 Å². The number of ether oxygens (including phenoxy) is 1. The fourth-order valence-electron chi connectivity index (χ4n) is 0.318. The molecule has 0 radical (unpaired) electrons. The van der Waals surface area contributed by atoms with Gasteiger partial charge in [0.15, 0.2) is 0 Å². The minimum Gasteiger partial charge on any atom is -0.470 e. The smallest absolute Gasteiger partial charge is 0.302 e. The zero-order chi connectivity index (χ0) is 9.49. The first-order chi connectivity index (χ1) is 4.92. The molecule has 0 aliphatic heterocycles. The molecule has 0 aromatic carbocycles. The van der Waals surface area contributed by atoms with Gasteiger partial charge in [-0.25, -0.2) is 0 Å². The highest BCUT2D eigenvalue weighted by molar-refractivity contribution is 6.76. The van der Waals surface area contributed by atoms with Gasteiger partial charge in [0.25, 0.3) is 0 Å². The van der Waals surface area contributed by atoms with Crippen molar-refractivity contribution < 1.29 is 9.53 Å². The molecular weight excluding hydrogens is 156 g/mol. The molecule has 3 heteroatoms. The van der Waals surface area contributed by atoms with Crippen LogP contribution in [0.25, 0.3) is 0 Å². The maximum absolute atomic E-state index is 10.3. The molecule has 0 aliphatic rings. The third kappa shape index (κ3) is 17.7. The predicted octanol–water partition coefficient (Wildman–Crippen LogP) is 2.23. The molecule has 0 heterocycles. The van der Waals surface area contributed by atoms with Crippen LogP contribution in [0.4, 0.5) is 0 Å². The summed E-state index contributed by atoms with van der Waals surface area (Å²) in [6.45, 7) is 13.9. The van der Waals surface area contributed by atoms with Crippen LogP contribution in [-0.2, 0) is 9.53 Å². The standard InChI is InChI=1S/C6H14O2Si.C2H4/c1-6(7)8-5-9(2,3)4;1-2/h5H2,1-4H3;1-2H2. The quantitative estimate of drug-likeness (QED) is 0.364. The average molecular weight is 174 g/mol. The van der Waals surface area contributed by atoms with E-state index in [0.717, 1.165) is 0 Å². The van der Waals surface area contributed by atoms with Gasteiger partial charge in [-0.2, -0.15) is 0 Å². The van der Waals surface area contributed by atoms with E-state index in [-0.39, 0.29) is 5.97 Å². The van der Waals surface area contributed by atoms with Crippen molar-refractivity contribution >= 4 is 14.0 Å². The molecule has 0 aromatic rings. The van der Waals surface area contributed by atoms with Gasteiger partial charge in [0.05, 0.1) is 14.3 Å². The van der Waals surface area contributed by atoms with Crippen LogP contribution in [0.2, 0.25) is 19.6 Å². The minimum absolute atomic E-state index is 0.169. The fraction of sp³-hybridized carbons (Fsp3) is 0.625. The summed E-state index contributed by atoms with van der Waals surface area (Å²) in [4.78, 5) is 10.3. The summed E-state index contributed by atoms with van der Waals surface area (Å²) in [7, 11) is -1.16. The molecule has 0 saturated carbocycles. The number of carbonyl (C=O) groups is 1. The summed E-state index contributed by atoms with van der Waals surface area (Å²) in [5.41, 5.74) is 0. The molecule has 0 aromatic heterocycles.